The van der Waals surface area contributed by atoms with Crippen molar-refractivity contribution in [2.24, 2.45) is 5.84 Å². The number of hydrogen-bond acceptors (Lipinski definition) is 4. The summed E-state index contributed by atoms with van der Waals surface area (Å²) in [4.78, 5) is 18.6. The van der Waals surface area contributed by atoms with Gasteiger partial charge in [-0.05, 0) is 49.7 Å². The molecule has 1 amide bonds. The van der Waals surface area contributed by atoms with E-state index in [1.54, 1.807) is 17.2 Å². The molecular formula is C16H20N4O. The fourth-order valence-electron chi connectivity index (χ4n) is 2.16. The minimum absolute atomic E-state index is 0.00479. The van der Waals surface area contributed by atoms with Gasteiger partial charge in [0.15, 0.2) is 0 Å². The summed E-state index contributed by atoms with van der Waals surface area (Å²) in [7, 11) is 0. The van der Waals surface area contributed by atoms with Crippen LogP contribution in [0.1, 0.15) is 28.5 Å². The molecule has 0 fully saturated rings. The predicted octanol–water partition coefficient (Wildman–Crippen LogP) is 2.34. The topological polar surface area (TPSA) is 71.2 Å². The van der Waals surface area contributed by atoms with Crippen LogP contribution < -0.4 is 11.3 Å². The lowest BCUT2D eigenvalue weighted by Gasteiger charge is -2.21. The second-order valence-corrected chi connectivity index (χ2v) is 4.81. The summed E-state index contributed by atoms with van der Waals surface area (Å²) in [5, 5.41) is 0. The first-order chi connectivity index (χ1) is 10.2. The van der Waals surface area contributed by atoms with E-state index in [0.717, 1.165) is 16.9 Å². The molecule has 5 nitrogen and oxygen atoms in total. The second-order valence-electron chi connectivity index (χ2n) is 4.81. The maximum absolute atomic E-state index is 12.6. The third kappa shape index (κ3) is 3.58. The standard InChI is InChI=1S/C16H20N4O/c1-3-20(11-14-6-4-5-9-18-14)16(21)13-7-8-15(19-17)12(2)10-13/h4-10,19H,3,11,17H2,1-2H3. The number of nitrogens with one attached hydrogen (secondary N) is 1. The van der Waals surface area contributed by atoms with Crippen molar-refractivity contribution in [1.29, 1.82) is 0 Å². The van der Waals surface area contributed by atoms with E-state index in [4.69, 9.17) is 5.84 Å². The SMILES string of the molecule is CCN(Cc1ccccn1)C(=O)c1ccc(NN)c(C)c1. The van der Waals surface area contributed by atoms with Gasteiger partial charge in [-0.25, -0.2) is 0 Å². The maximum atomic E-state index is 12.6. The van der Waals surface area contributed by atoms with Gasteiger partial charge in [0.1, 0.15) is 0 Å². The minimum Gasteiger partial charge on any atom is -0.333 e. The lowest BCUT2D eigenvalue weighted by molar-refractivity contribution is 0.0750. The zero-order chi connectivity index (χ0) is 15.2. The van der Waals surface area contributed by atoms with E-state index < -0.39 is 0 Å². The van der Waals surface area contributed by atoms with Gasteiger partial charge < -0.3 is 10.3 Å². The van der Waals surface area contributed by atoms with Gasteiger partial charge in [0, 0.05) is 18.3 Å². The van der Waals surface area contributed by atoms with E-state index >= 15 is 0 Å². The van der Waals surface area contributed by atoms with Crippen LogP contribution in [0, 0.1) is 6.92 Å². The average molecular weight is 284 g/mol. The molecule has 21 heavy (non-hydrogen) atoms. The van der Waals surface area contributed by atoms with Gasteiger partial charge in [-0.3, -0.25) is 15.6 Å². The van der Waals surface area contributed by atoms with Gasteiger partial charge in [0.05, 0.1) is 17.9 Å². The van der Waals surface area contributed by atoms with Gasteiger partial charge in [0.25, 0.3) is 5.91 Å². The maximum Gasteiger partial charge on any atom is 0.254 e. The van der Waals surface area contributed by atoms with E-state index in [1.807, 2.05) is 44.2 Å². The molecule has 2 rings (SSSR count). The zero-order valence-electron chi connectivity index (χ0n) is 12.3. The van der Waals surface area contributed by atoms with Crippen molar-refractivity contribution in [3.8, 4) is 0 Å². The molecule has 5 heteroatoms. The smallest absolute Gasteiger partial charge is 0.254 e. The highest BCUT2D eigenvalue weighted by Crippen LogP contribution is 2.17. The van der Waals surface area contributed by atoms with Crippen LogP contribution >= 0.6 is 0 Å². The number of amides is 1. The Bertz CT molecular complexity index is 613. The Hall–Kier alpha value is -2.40. The Labute approximate surface area is 124 Å². The number of nitrogens with zero attached hydrogens (tertiary/aromatic N) is 2. The molecule has 0 aliphatic carbocycles. The van der Waals surface area contributed by atoms with Crippen LogP contribution in [-0.4, -0.2) is 22.3 Å². The fraction of sp³-hybridized carbons (Fsp3) is 0.250. The van der Waals surface area contributed by atoms with E-state index in [2.05, 4.69) is 10.4 Å². The first kappa shape index (κ1) is 15.0. The number of aromatic nitrogens is 1. The molecule has 2 aromatic rings. The number of hydrazine groups is 1. The summed E-state index contributed by atoms with van der Waals surface area (Å²) in [6.07, 6.45) is 1.74. The molecule has 1 aromatic carbocycles. The van der Waals surface area contributed by atoms with Crippen molar-refractivity contribution < 1.29 is 4.79 Å². The molecule has 0 spiro atoms. The number of carbonyl (C=O) groups is 1. The van der Waals surface area contributed by atoms with Gasteiger partial charge in [-0.15, -0.1) is 0 Å². The fourth-order valence-corrected chi connectivity index (χ4v) is 2.16. The third-order valence-corrected chi connectivity index (χ3v) is 3.38. The molecule has 110 valence electrons. The van der Waals surface area contributed by atoms with Crippen LogP contribution in [0.25, 0.3) is 0 Å². The number of hydrogen-bond donors (Lipinski definition) is 2. The number of benzene rings is 1. The number of pyridine rings is 1. The summed E-state index contributed by atoms with van der Waals surface area (Å²) in [6.45, 7) is 5.02. The molecule has 0 atom stereocenters. The molecular weight excluding hydrogens is 264 g/mol. The lowest BCUT2D eigenvalue weighted by Crippen LogP contribution is -2.30. The summed E-state index contributed by atoms with van der Waals surface area (Å²) >= 11 is 0. The molecule has 1 heterocycles. The van der Waals surface area contributed by atoms with Crippen molar-refractivity contribution in [3.05, 3.63) is 59.4 Å². The van der Waals surface area contributed by atoms with Crippen molar-refractivity contribution in [2.45, 2.75) is 20.4 Å². The third-order valence-electron chi connectivity index (χ3n) is 3.38. The molecule has 0 aliphatic rings. The Morgan fingerprint density at radius 3 is 2.71 bits per heavy atom. The van der Waals surface area contributed by atoms with Crippen molar-refractivity contribution >= 4 is 11.6 Å². The first-order valence-electron chi connectivity index (χ1n) is 6.92. The first-order valence-corrected chi connectivity index (χ1v) is 6.92. The summed E-state index contributed by atoms with van der Waals surface area (Å²) < 4.78 is 0. The summed E-state index contributed by atoms with van der Waals surface area (Å²) in [6, 6.07) is 11.2. The number of nitrogen functional groups attached to an aromatic ring is 1. The monoisotopic (exact) mass is 284 g/mol. The Morgan fingerprint density at radius 1 is 1.33 bits per heavy atom. The molecule has 0 bridgehead atoms. The van der Waals surface area contributed by atoms with Gasteiger partial charge in [0.2, 0.25) is 0 Å². The lowest BCUT2D eigenvalue weighted by atomic mass is 10.1. The van der Waals surface area contributed by atoms with Gasteiger partial charge in [-0.1, -0.05) is 6.07 Å². The molecule has 0 saturated heterocycles. The van der Waals surface area contributed by atoms with Crippen LogP contribution in [0.5, 0.6) is 0 Å². The Morgan fingerprint density at radius 2 is 2.14 bits per heavy atom. The molecule has 0 unspecified atom stereocenters. The average Bonchev–Trinajstić information content (AvgIpc) is 2.53. The highest BCUT2D eigenvalue weighted by molar-refractivity contribution is 5.94. The van der Waals surface area contributed by atoms with E-state index in [-0.39, 0.29) is 5.91 Å². The molecule has 0 radical (unpaired) electrons. The number of rotatable bonds is 5. The molecule has 3 N–H and O–H groups in total. The van der Waals surface area contributed by atoms with Crippen LogP contribution in [0.15, 0.2) is 42.6 Å². The quantitative estimate of drug-likeness (QED) is 0.653. The number of carbonyl (C=O) groups excluding carboxylic acids is 1. The Balaban J connectivity index is 2.18. The zero-order valence-corrected chi connectivity index (χ0v) is 12.3. The molecule has 1 aromatic heterocycles. The van der Waals surface area contributed by atoms with Crippen LogP contribution in [-0.2, 0) is 6.54 Å². The van der Waals surface area contributed by atoms with Crippen molar-refractivity contribution in [3.63, 3.8) is 0 Å². The highest BCUT2D eigenvalue weighted by Gasteiger charge is 2.15. The van der Waals surface area contributed by atoms with E-state index in [9.17, 15) is 4.79 Å². The second kappa shape index (κ2) is 6.85. The number of aryl methyl sites for hydroxylation is 1. The molecule has 0 aliphatic heterocycles. The molecule has 0 saturated carbocycles. The summed E-state index contributed by atoms with van der Waals surface area (Å²) in [5.74, 6) is 5.41. The normalized spacial score (nSPS) is 10.2. The number of anilines is 1. The minimum atomic E-state index is -0.00479. The van der Waals surface area contributed by atoms with Crippen LogP contribution in [0.3, 0.4) is 0 Å². The van der Waals surface area contributed by atoms with E-state index in [1.165, 1.54) is 0 Å². The Kier molecular flexibility index (Phi) is 4.90. The van der Waals surface area contributed by atoms with Crippen LogP contribution in [0.4, 0.5) is 5.69 Å². The largest absolute Gasteiger partial charge is 0.333 e. The van der Waals surface area contributed by atoms with Crippen molar-refractivity contribution in [1.82, 2.24) is 9.88 Å². The predicted molar refractivity (Wildman–Crippen MR) is 83.6 cm³/mol. The van der Waals surface area contributed by atoms with Gasteiger partial charge in [-0.2, -0.15) is 0 Å². The van der Waals surface area contributed by atoms with Gasteiger partial charge >= 0.3 is 0 Å². The van der Waals surface area contributed by atoms with Crippen LogP contribution in [0.2, 0.25) is 0 Å². The van der Waals surface area contributed by atoms with Crippen molar-refractivity contribution in [2.75, 3.05) is 12.0 Å². The van der Waals surface area contributed by atoms with E-state index in [0.29, 0.717) is 18.7 Å². The highest BCUT2D eigenvalue weighted by atomic mass is 16.2. The summed E-state index contributed by atoms with van der Waals surface area (Å²) in [5.41, 5.74) is 5.91. The number of nitrogens with two attached hydrogens (primary N) is 1.